The Hall–Kier alpha value is -1.31. The van der Waals surface area contributed by atoms with Gasteiger partial charge in [0, 0.05) is 12.6 Å². The van der Waals surface area contributed by atoms with E-state index in [1.54, 1.807) is 0 Å². The van der Waals surface area contributed by atoms with Crippen molar-refractivity contribution in [3.8, 4) is 0 Å². The Balaban J connectivity index is 0.000000168. The first-order chi connectivity index (χ1) is 7.23. The zero-order chi connectivity index (χ0) is 12.5. The van der Waals surface area contributed by atoms with E-state index in [2.05, 4.69) is 0 Å². The third kappa shape index (κ3) is 3.09. The van der Waals surface area contributed by atoms with Crippen LogP contribution in [0.3, 0.4) is 0 Å². The van der Waals surface area contributed by atoms with Crippen LogP contribution in [0.1, 0.15) is 12.8 Å². The number of carboxylic acids is 2. The highest BCUT2D eigenvalue weighted by molar-refractivity contribution is 5.74. The predicted molar refractivity (Wildman–Crippen MR) is 44.8 cm³/mol. The molecule has 3 atom stereocenters. The Morgan fingerprint density at radius 1 is 1.19 bits per heavy atom. The van der Waals surface area contributed by atoms with E-state index in [0.717, 1.165) is 19.4 Å². The molecular weight excluding hydrogens is 231 g/mol. The van der Waals surface area contributed by atoms with Crippen LogP contribution in [0.15, 0.2) is 0 Å². The average molecular weight is 241 g/mol. The second kappa shape index (κ2) is 4.28. The Morgan fingerprint density at radius 2 is 1.69 bits per heavy atom. The topological polar surface area (TPSA) is 77.6 Å². The van der Waals surface area contributed by atoms with Gasteiger partial charge in [0.15, 0.2) is 0 Å². The van der Waals surface area contributed by atoms with Crippen molar-refractivity contribution < 1.29 is 33.0 Å². The number of fused-ring (bicyclic) bond motifs is 1. The molecule has 8 heteroatoms. The lowest BCUT2D eigenvalue weighted by Crippen LogP contribution is -2.25. The Bertz CT molecular complexity index is 304. The van der Waals surface area contributed by atoms with Gasteiger partial charge in [-0.25, -0.2) is 4.79 Å². The summed E-state index contributed by atoms with van der Waals surface area (Å²) in [4.78, 5) is 21.3. The van der Waals surface area contributed by atoms with Gasteiger partial charge in [-0.15, -0.1) is 0 Å². The standard InChI is InChI=1S/C6H9NO2.C2HF3O2/c8-6(9)5-2-1-4-3-7(4)5;3-2(4,5)1(6)7/h4-5H,1-3H2,(H,8,9);(H,6,7). The van der Waals surface area contributed by atoms with Crippen LogP contribution in [0.2, 0.25) is 0 Å². The van der Waals surface area contributed by atoms with Crippen molar-refractivity contribution in [3.05, 3.63) is 0 Å². The maximum atomic E-state index is 10.6. The summed E-state index contributed by atoms with van der Waals surface area (Å²) in [7, 11) is 0. The molecule has 2 rings (SSSR count). The molecule has 0 aromatic heterocycles. The number of piperidine rings is 1. The quantitative estimate of drug-likeness (QED) is 0.655. The molecule has 0 radical (unpaired) electrons. The van der Waals surface area contributed by atoms with E-state index in [-0.39, 0.29) is 6.04 Å². The summed E-state index contributed by atoms with van der Waals surface area (Å²) in [5, 5.41) is 15.7. The summed E-state index contributed by atoms with van der Waals surface area (Å²) < 4.78 is 31.7. The largest absolute Gasteiger partial charge is 0.490 e. The minimum absolute atomic E-state index is 0.144. The maximum absolute atomic E-state index is 10.6. The summed E-state index contributed by atoms with van der Waals surface area (Å²) in [6, 6.07) is 0.487. The van der Waals surface area contributed by atoms with Crippen molar-refractivity contribution in [2.24, 2.45) is 0 Å². The molecule has 2 aliphatic heterocycles. The van der Waals surface area contributed by atoms with Gasteiger partial charge in [-0.1, -0.05) is 0 Å². The molecule has 16 heavy (non-hydrogen) atoms. The monoisotopic (exact) mass is 241 g/mol. The number of carbonyl (C=O) groups is 2. The van der Waals surface area contributed by atoms with Gasteiger partial charge in [0.25, 0.3) is 0 Å². The van der Waals surface area contributed by atoms with Crippen LogP contribution in [0, 0.1) is 0 Å². The van der Waals surface area contributed by atoms with Crippen molar-refractivity contribution >= 4 is 11.9 Å². The number of carboxylic acid groups (broad SMARTS) is 2. The highest BCUT2D eigenvalue weighted by atomic mass is 19.4. The lowest BCUT2D eigenvalue weighted by atomic mass is 10.2. The molecule has 0 amide bonds. The summed E-state index contributed by atoms with van der Waals surface area (Å²) in [6.07, 6.45) is -3.13. The zero-order valence-corrected chi connectivity index (χ0v) is 8.07. The molecule has 5 nitrogen and oxygen atoms in total. The van der Waals surface area contributed by atoms with Crippen LogP contribution in [0.5, 0.6) is 0 Å². The van der Waals surface area contributed by atoms with Gasteiger partial charge in [-0.2, -0.15) is 13.2 Å². The highest BCUT2D eigenvalue weighted by Crippen LogP contribution is 2.35. The number of aliphatic carboxylic acids is 2. The molecule has 3 unspecified atom stereocenters. The molecule has 0 aromatic carbocycles. The van der Waals surface area contributed by atoms with Gasteiger partial charge in [-0.3, -0.25) is 9.69 Å². The lowest BCUT2D eigenvalue weighted by Gasteiger charge is -2.04. The number of rotatable bonds is 1. The van der Waals surface area contributed by atoms with E-state index >= 15 is 0 Å². The molecule has 0 saturated carbocycles. The van der Waals surface area contributed by atoms with Crippen molar-refractivity contribution in [1.82, 2.24) is 4.90 Å². The first-order valence-electron chi connectivity index (χ1n) is 4.52. The van der Waals surface area contributed by atoms with E-state index in [9.17, 15) is 18.0 Å². The van der Waals surface area contributed by atoms with E-state index in [1.165, 1.54) is 0 Å². The Morgan fingerprint density at radius 3 is 1.81 bits per heavy atom. The molecular formula is C8H10F3NO4. The first kappa shape index (κ1) is 12.8. The summed E-state index contributed by atoms with van der Waals surface area (Å²) >= 11 is 0. The molecule has 2 fully saturated rings. The van der Waals surface area contributed by atoms with Crippen molar-refractivity contribution in [3.63, 3.8) is 0 Å². The van der Waals surface area contributed by atoms with Crippen LogP contribution in [0.4, 0.5) is 13.2 Å². The Kier molecular flexibility index (Phi) is 3.41. The van der Waals surface area contributed by atoms with Crippen LogP contribution in [0.25, 0.3) is 0 Å². The molecule has 0 aliphatic carbocycles. The maximum Gasteiger partial charge on any atom is 0.490 e. The molecule has 0 spiro atoms. The van der Waals surface area contributed by atoms with E-state index in [1.807, 2.05) is 4.90 Å². The molecule has 0 aromatic rings. The van der Waals surface area contributed by atoms with Gasteiger partial charge >= 0.3 is 18.1 Å². The normalized spacial score (nSPS) is 31.1. The van der Waals surface area contributed by atoms with E-state index < -0.39 is 18.1 Å². The molecule has 2 saturated heterocycles. The second-order valence-electron chi connectivity index (χ2n) is 3.58. The smallest absolute Gasteiger partial charge is 0.480 e. The van der Waals surface area contributed by atoms with Gasteiger partial charge in [-0.05, 0) is 12.8 Å². The van der Waals surface area contributed by atoms with Crippen LogP contribution >= 0.6 is 0 Å². The fourth-order valence-electron chi connectivity index (χ4n) is 1.62. The van der Waals surface area contributed by atoms with Gasteiger partial charge in [0.2, 0.25) is 0 Å². The number of nitrogens with zero attached hydrogens (tertiary/aromatic N) is 1. The summed E-state index contributed by atoms with van der Waals surface area (Å²) in [6.45, 7) is 1.02. The Labute approximate surface area is 88.5 Å². The van der Waals surface area contributed by atoms with E-state index in [4.69, 9.17) is 15.0 Å². The van der Waals surface area contributed by atoms with Crippen LogP contribution in [-0.4, -0.2) is 51.9 Å². The minimum atomic E-state index is -5.08. The number of hydrogen-bond donors (Lipinski definition) is 2. The zero-order valence-electron chi connectivity index (χ0n) is 8.07. The highest BCUT2D eigenvalue weighted by Gasteiger charge is 2.48. The first-order valence-corrected chi connectivity index (χ1v) is 4.52. The fraction of sp³-hybridized carbons (Fsp3) is 0.750. The lowest BCUT2D eigenvalue weighted by molar-refractivity contribution is -0.192. The predicted octanol–water partition coefficient (Wildman–Crippen LogP) is 0.551. The van der Waals surface area contributed by atoms with E-state index in [0.29, 0.717) is 6.04 Å². The van der Waals surface area contributed by atoms with Gasteiger partial charge in [0.05, 0.1) is 0 Å². The molecule has 2 aliphatic rings. The van der Waals surface area contributed by atoms with Crippen LogP contribution < -0.4 is 0 Å². The van der Waals surface area contributed by atoms with Crippen molar-refractivity contribution in [1.29, 1.82) is 0 Å². The summed E-state index contributed by atoms with van der Waals surface area (Å²) in [5.41, 5.74) is 0. The number of hydrogen-bond acceptors (Lipinski definition) is 3. The van der Waals surface area contributed by atoms with Crippen LogP contribution in [-0.2, 0) is 9.59 Å². The summed E-state index contributed by atoms with van der Waals surface area (Å²) in [5.74, 6) is -3.40. The minimum Gasteiger partial charge on any atom is -0.480 e. The van der Waals surface area contributed by atoms with Crippen molar-refractivity contribution in [2.75, 3.05) is 6.54 Å². The molecule has 2 N–H and O–H groups in total. The third-order valence-electron chi connectivity index (χ3n) is 2.46. The molecule has 92 valence electrons. The SMILES string of the molecule is O=C(O)C(F)(F)F.O=C(O)C1CCC2CN21. The molecule has 2 heterocycles. The average Bonchev–Trinajstić information content (AvgIpc) is 2.76. The second-order valence-corrected chi connectivity index (χ2v) is 3.58. The number of halogens is 3. The van der Waals surface area contributed by atoms with Crippen molar-refractivity contribution in [2.45, 2.75) is 31.1 Å². The third-order valence-corrected chi connectivity index (χ3v) is 2.46. The number of alkyl halides is 3. The van der Waals surface area contributed by atoms with Gasteiger partial charge in [0.1, 0.15) is 6.04 Å². The fourth-order valence-corrected chi connectivity index (χ4v) is 1.62. The van der Waals surface area contributed by atoms with Gasteiger partial charge < -0.3 is 10.2 Å². The molecule has 0 bridgehead atoms.